The summed E-state index contributed by atoms with van der Waals surface area (Å²) in [5.41, 5.74) is 1.33. The Kier molecular flexibility index (Phi) is 3.81. The van der Waals surface area contributed by atoms with Gasteiger partial charge in [-0.3, -0.25) is 5.43 Å². The molecule has 0 saturated heterocycles. The van der Waals surface area contributed by atoms with Gasteiger partial charge >= 0.3 is 0 Å². The van der Waals surface area contributed by atoms with Gasteiger partial charge in [0.05, 0.1) is 4.47 Å². The average molecular weight is 283 g/mol. The highest BCUT2D eigenvalue weighted by atomic mass is 79.9. The fourth-order valence-electron chi connectivity index (χ4n) is 0.834. The van der Waals surface area contributed by atoms with E-state index in [1.54, 1.807) is 0 Å². The molecule has 0 fully saturated rings. The molecule has 5 nitrogen and oxygen atoms in total. The number of aromatic hydroxyl groups is 1. The normalized spacial score (nSPS) is 8.75. The molecule has 0 unspecified atom stereocenters. The smallest absolute Gasteiger partial charge is 0.237 e. The zero-order chi connectivity index (χ0) is 12.1. The number of phenolic OH excluding ortho intramolecular Hbond substituents is 1. The maximum Gasteiger partial charge on any atom is 0.237 e. The molecule has 0 radical (unpaired) electrons. The zero-order valence-corrected chi connectivity index (χ0v) is 9.29. The van der Waals surface area contributed by atoms with E-state index in [1.807, 2.05) is 0 Å². The molecule has 0 saturated carbocycles. The fourth-order valence-corrected chi connectivity index (χ4v) is 1.16. The minimum atomic E-state index is -0.750. The van der Waals surface area contributed by atoms with Crippen LogP contribution < -0.4 is 5.43 Å². The van der Waals surface area contributed by atoms with Crippen LogP contribution in [0.3, 0.4) is 0 Å². The molecule has 0 aliphatic heterocycles. The van der Waals surface area contributed by atoms with Gasteiger partial charge < -0.3 is 5.11 Å². The number of nitrogens with zero attached hydrogens (tertiary/aromatic N) is 3. The summed E-state index contributed by atoms with van der Waals surface area (Å²) in [6.07, 6.45) is 0. The van der Waals surface area contributed by atoms with Crippen LogP contribution in [0, 0.1) is 28.5 Å². The molecule has 1 rings (SSSR count). The number of hydrazone groups is 1. The van der Waals surface area contributed by atoms with Crippen LogP contribution in [0.2, 0.25) is 0 Å². The third kappa shape index (κ3) is 2.47. The Balaban J connectivity index is 3.09. The summed E-state index contributed by atoms with van der Waals surface area (Å²) in [7, 11) is 0. The van der Waals surface area contributed by atoms with E-state index in [1.165, 1.54) is 18.2 Å². The summed E-state index contributed by atoms with van der Waals surface area (Å²) < 4.78 is 13.5. The van der Waals surface area contributed by atoms with Crippen molar-refractivity contribution >= 4 is 27.3 Å². The Labute approximate surface area is 98.6 Å². The van der Waals surface area contributed by atoms with Crippen LogP contribution >= 0.6 is 15.9 Å². The van der Waals surface area contributed by atoms with E-state index in [0.29, 0.717) is 0 Å². The first kappa shape index (κ1) is 12.0. The lowest BCUT2D eigenvalue weighted by molar-refractivity contribution is 0.468. The molecule has 0 heterocycles. The lowest BCUT2D eigenvalue weighted by Gasteiger charge is -2.05. The van der Waals surface area contributed by atoms with Gasteiger partial charge in [0.15, 0.2) is 11.6 Å². The number of nitriles is 2. The lowest BCUT2D eigenvalue weighted by atomic mass is 10.3. The van der Waals surface area contributed by atoms with E-state index < -0.39 is 11.5 Å². The number of benzene rings is 1. The van der Waals surface area contributed by atoms with Crippen LogP contribution in [0.4, 0.5) is 10.1 Å². The number of hydrogen-bond donors (Lipinski definition) is 2. The molecule has 0 spiro atoms. The van der Waals surface area contributed by atoms with Crippen molar-refractivity contribution < 1.29 is 9.50 Å². The summed E-state index contributed by atoms with van der Waals surface area (Å²) >= 11 is 2.99. The van der Waals surface area contributed by atoms with Crippen molar-refractivity contribution in [2.24, 2.45) is 5.10 Å². The Morgan fingerprint density at radius 2 is 2.06 bits per heavy atom. The van der Waals surface area contributed by atoms with E-state index in [9.17, 15) is 9.50 Å². The van der Waals surface area contributed by atoms with Crippen molar-refractivity contribution in [3.8, 4) is 17.9 Å². The van der Waals surface area contributed by atoms with E-state index >= 15 is 0 Å². The van der Waals surface area contributed by atoms with E-state index in [2.05, 4.69) is 26.5 Å². The molecule has 0 aliphatic carbocycles. The summed E-state index contributed by atoms with van der Waals surface area (Å²) in [6, 6.07) is 5.38. The molecule has 80 valence electrons. The van der Waals surface area contributed by atoms with Gasteiger partial charge in [-0.15, -0.1) is 0 Å². The van der Waals surface area contributed by atoms with Gasteiger partial charge in [0.2, 0.25) is 5.71 Å². The molecule has 7 heteroatoms. The van der Waals surface area contributed by atoms with E-state index in [4.69, 9.17) is 10.5 Å². The monoisotopic (exact) mass is 282 g/mol. The number of halogens is 2. The molecule has 0 amide bonds. The van der Waals surface area contributed by atoms with E-state index in [0.717, 1.165) is 6.07 Å². The quantitative estimate of drug-likeness (QED) is 0.494. The minimum absolute atomic E-state index is 0.266. The van der Waals surface area contributed by atoms with Crippen LogP contribution in [0.15, 0.2) is 21.7 Å². The topological polar surface area (TPSA) is 92.2 Å². The third-order valence-electron chi connectivity index (χ3n) is 1.57. The van der Waals surface area contributed by atoms with Crippen molar-refractivity contribution in [2.45, 2.75) is 0 Å². The molecule has 1 aromatic rings. The fraction of sp³-hybridized carbons (Fsp3) is 0. The second-order valence-electron chi connectivity index (χ2n) is 2.55. The van der Waals surface area contributed by atoms with Crippen molar-refractivity contribution in [3.05, 3.63) is 22.4 Å². The summed E-state index contributed by atoms with van der Waals surface area (Å²) in [4.78, 5) is 0. The first-order valence-corrected chi connectivity index (χ1v) is 4.70. The molecular weight excluding hydrogens is 279 g/mol. The van der Waals surface area contributed by atoms with Gasteiger partial charge in [0.1, 0.15) is 17.8 Å². The Morgan fingerprint density at radius 1 is 1.44 bits per heavy atom. The molecule has 0 aromatic heterocycles. The number of hydrogen-bond acceptors (Lipinski definition) is 5. The van der Waals surface area contributed by atoms with Crippen molar-refractivity contribution in [2.75, 3.05) is 5.43 Å². The maximum atomic E-state index is 13.2. The van der Waals surface area contributed by atoms with Gasteiger partial charge in [-0.1, -0.05) is 0 Å². The van der Waals surface area contributed by atoms with E-state index in [-0.39, 0.29) is 15.9 Å². The third-order valence-corrected chi connectivity index (χ3v) is 2.21. The summed E-state index contributed by atoms with van der Waals surface area (Å²) in [5, 5.41) is 29.5. The standard InChI is InChI=1S/C9H4BrFN4O/c10-6-1-2-7(11)8(9(6)16)15-14-5(3-12)4-13/h1-2,15-16H. The minimum Gasteiger partial charge on any atom is -0.504 e. The van der Waals surface area contributed by atoms with Gasteiger partial charge in [-0.25, -0.2) is 4.39 Å². The van der Waals surface area contributed by atoms with Crippen LogP contribution in [-0.4, -0.2) is 10.8 Å². The molecule has 0 aliphatic rings. The van der Waals surface area contributed by atoms with Crippen LogP contribution in [0.5, 0.6) is 5.75 Å². The van der Waals surface area contributed by atoms with Crippen LogP contribution in [-0.2, 0) is 0 Å². The molecular formula is C9H4BrFN4O. The maximum absolute atomic E-state index is 13.2. The number of rotatable bonds is 2. The number of nitrogens with one attached hydrogen (secondary N) is 1. The highest BCUT2D eigenvalue weighted by molar-refractivity contribution is 9.10. The first-order chi connectivity index (χ1) is 7.60. The van der Waals surface area contributed by atoms with Crippen LogP contribution in [0.1, 0.15) is 0 Å². The SMILES string of the molecule is N#CC(C#N)=NNc1c(F)ccc(Br)c1O. The molecule has 0 atom stereocenters. The highest BCUT2D eigenvalue weighted by Crippen LogP contribution is 2.34. The molecule has 0 bridgehead atoms. The highest BCUT2D eigenvalue weighted by Gasteiger charge is 2.10. The van der Waals surface area contributed by atoms with Crippen LogP contribution in [0.25, 0.3) is 0 Å². The van der Waals surface area contributed by atoms with Gasteiger partial charge in [0, 0.05) is 0 Å². The predicted octanol–water partition coefficient (Wildman–Crippen LogP) is 2.11. The number of anilines is 1. The van der Waals surface area contributed by atoms with Gasteiger partial charge in [-0.2, -0.15) is 15.6 Å². The first-order valence-electron chi connectivity index (χ1n) is 3.91. The lowest BCUT2D eigenvalue weighted by Crippen LogP contribution is -1.98. The van der Waals surface area contributed by atoms with Crippen molar-refractivity contribution in [1.82, 2.24) is 0 Å². The summed E-state index contributed by atoms with van der Waals surface area (Å²) in [5.74, 6) is -1.14. The van der Waals surface area contributed by atoms with Crippen molar-refractivity contribution in [1.29, 1.82) is 10.5 Å². The van der Waals surface area contributed by atoms with Gasteiger partial charge in [-0.05, 0) is 28.1 Å². The van der Waals surface area contributed by atoms with Crippen molar-refractivity contribution in [3.63, 3.8) is 0 Å². The second kappa shape index (κ2) is 5.10. The second-order valence-corrected chi connectivity index (χ2v) is 3.40. The molecule has 2 N–H and O–H groups in total. The summed E-state index contributed by atoms with van der Waals surface area (Å²) in [6.45, 7) is 0. The Bertz CT molecular complexity index is 514. The predicted molar refractivity (Wildman–Crippen MR) is 58.0 cm³/mol. The molecule has 1 aromatic carbocycles. The largest absolute Gasteiger partial charge is 0.504 e. The van der Waals surface area contributed by atoms with Gasteiger partial charge in [0.25, 0.3) is 0 Å². The average Bonchev–Trinajstić information content (AvgIpc) is 2.29. The Hall–Kier alpha value is -2.12. The zero-order valence-electron chi connectivity index (χ0n) is 7.70. The number of phenols is 1. The molecule has 16 heavy (non-hydrogen) atoms. The Morgan fingerprint density at radius 3 is 2.62 bits per heavy atom.